The number of benzene rings is 2. The van der Waals surface area contributed by atoms with Crippen molar-refractivity contribution >= 4 is 33.5 Å². The van der Waals surface area contributed by atoms with E-state index in [1.165, 1.54) is 0 Å². The number of nitrogens with one attached hydrogen (secondary N) is 2. The number of aromatic amines is 2. The van der Waals surface area contributed by atoms with Crippen molar-refractivity contribution in [3.8, 4) is 17.3 Å². The maximum absolute atomic E-state index is 6.22. The monoisotopic (exact) mass is 420 g/mol. The fourth-order valence-corrected chi connectivity index (χ4v) is 3.63. The van der Waals surface area contributed by atoms with Gasteiger partial charge in [0.1, 0.15) is 11.5 Å². The van der Waals surface area contributed by atoms with Crippen LogP contribution in [0.3, 0.4) is 0 Å². The van der Waals surface area contributed by atoms with E-state index in [1.54, 1.807) is 6.20 Å². The van der Waals surface area contributed by atoms with Crippen LogP contribution in [0.25, 0.3) is 33.5 Å². The summed E-state index contributed by atoms with van der Waals surface area (Å²) in [5, 5.41) is 8.74. The summed E-state index contributed by atoms with van der Waals surface area (Å²) < 4.78 is 12.1. The molecule has 6 nitrogen and oxygen atoms in total. The van der Waals surface area contributed by atoms with E-state index in [4.69, 9.17) is 20.8 Å². The Labute approximate surface area is 178 Å². The Morgan fingerprint density at radius 3 is 2.87 bits per heavy atom. The molecule has 0 amide bonds. The predicted molar refractivity (Wildman–Crippen MR) is 118 cm³/mol. The molecule has 0 bridgehead atoms. The Hall–Kier alpha value is -3.25. The lowest BCUT2D eigenvalue weighted by atomic mass is 10.1. The molecule has 0 aliphatic heterocycles. The van der Waals surface area contributed by atoms with E-state index in [0.29, 0.717) is 35.6 Å². The predicted octanol–water partition coefficient (Wildman–Crippen LogP) is 5.98. The minimum absolute atomic E-state index is 0.444. The molecule has 30 heavy (non-hydrogen) atoms. The number of imidazole rings is 1. The number of furan rings is 1. The van der Waals surface area contributed by atoms with Crippen LogP contribution in [0.5, 0.6) is 5.75 Å². The lowest BCUT2D eigenvalue weighted by Gasteiger charge is -2.13. The third kappa shape index (κ3) is 3.66. The molecule has 0 aliphatic carbocycles. The highest BCUT2D eigenvalue weighted by Gasteiger charge is 2.14. The molecular formula is C23H21ClN4O2. The van der Waals surface area contributed by atoms with E-state index >= 15 is 0 Å². The van der Waals surface area contributed by atoms with Crippen LogP contribution in [0.2, 0.25) is 5.02 Å². The van der Waals surface area contributed by atoms with Gasteiger partial charge in [0.05, 0.1) is 29.4 Å². The first-order valence-corrected chi connectivity index (χ1v) is 10.3. The number of ether oxygens (including phenoxy) is 1. The van der Waals surface area contributed by atoms with Crippen LogP contribution < -0.4 is 4.74 Å². The van der Waals surface area contributed by atoms with Gasteiger partial charge in [-0.2, -0.15) is 5.10 Å². The first kappa shape index (κ1) is 18.8. The zero-order valence-corrected chi connectivity index (χ0v) is 17.5. The van der Waals surface area contributed by atoms with E-state index < -0.39 is 0 Å². The number of rotatable bonds is 6. The second-order valence-electron chi connectivity index (χ2n) is 7.81. The van der Waals surface area contributed by atoms with Gasteiger partial charge in [0.25, 0.3) is 0 Å². The number of fused-ring (bicyclic) bond motifs is 2. The molecule has 2 N–H and O–H groups in total. The number of aromatic nitrogens is 4. The second kappa shape index (κ2) is 7.54. The molecule has 7 heteroatoms. The summed E-state index contributed by atoms with van der Waals surface area (Å²) in [7, 11) is 0. The van der Waals surface area contributed by atoms with E-state index in [2.05, 4.69) is 34.0 Å². The summed E-state index contributed by atoms with van der Waals surface area (Å²) in [6.07, 6.45) is 2.38. The topological polar surface area (TPSA) is 79.7 Å². The van der Waals surface area contributed by atoms with Crippen molar-refractivity contribution in [3.63, 3.8) is 0 Å². The lowest BCUT2D eigenvalue weighted by molar-refractivity contribution is 0.268. The van der Waals surface area contributed by atoms with Crippen molar-refractivity contribution in [1.29, 1.82) is 0 Å². The van der Waals surface area contributed by atoms with Gasteiger partial charge in [-0.05, 0) is 48.4 Å². The maximum Gasteiger partial charge on any atom is 0.174 e. The zero-order valence-electron chi connectivity index (χ0n) is 16.7. The highest BCUT2D eigenvalue weighted by Crippen LogP contribution is 2.29. The normalized spacial score (nSPS) is 11.7. The van der Waals surface area contributed by atoms with E-state index in [1.807, 2.05) is 42.5 Å². The quantitative estimate of drug-likeness (QED) is 0.354. The Bertz CT molecular complexity index is 1280. The fourth-order valence-electron chi connectivity index (χ4n) is 3.44. The van der Waals surface area contributed by atoms with Gasteiger partial charge in [0, 0.05) is 22.4 Å². The SMILES string of the molecule is CC(C)COc1ccc(Cl)cc1Cc1ccc(-c2nc3cc4[nH]ncc4cc3[nH]2)o1. The van der Waals surface area contributed by atoms with Crippen LogP contribution in [0.4, 0.5) is 0 Å². The molecule has 3 aromatic heterocycles. The van der Waals surface area contributed by atoms with Crippen molar-refractivity contribution in [1.82, 2.24) is 20.2 Å². The number of hydrogen-bond acceptors (Lipinski definition) is 4. The molecule has 0 spiro atoms. The number of H-pyrrole nitrogens is 2. The first-order chi connectivity index (χ1) is 14.5. The van der Waals surface area contributed by atoms with Gasteiger partial charge in [-0.25, -0.2) is 4.98 Å². The van der Waals surface area contributed by atoms with Gasteiger partial charge in [-0.15, -0.1) is 0 Å². The summed E-state index contributed by atoms with van der Waals surface area (Å²) in [5.74, 6) is 3.48. The van der Waals surface area contributed by atoms with E-state index in [-0.39, 0.29) is 0 Å². The minimum atomic E-state index is 0.444. The van der Waals surface area contributed by atoms with Gasteiger partial charge in [0.15, 0.2) is 11.6 Å². The largest absolute Gasteiger partial charge is 0.493 e. The van der Waals surface area contributed by atoms with Gasteiger partial charge in [-0.1, -0.05) is 25.4 Å². The molecule has 0 aliphatic rings. The average molecular weight is 421 g/mol. The molecule has 0 unspecified atom stereocenters. The summed E-state index contributed by atoms with van der Waals surface area (Å²) >= 11 is 6.22. The highest BCUT2D eigenvalue weighted by molar-refractivity contribution is 6.30. The van der Waals surface area contributed by atoms with Crippen LogP contribution in [-0.4, -0.2) is 26.8 Å². The smallest absolute Gasteiger partial charge is 0.174 e. The van der Waals surface area contributed by atoms with Crippen molar-refractivity contribution in [2.45, 2.75) is 20.3 Å². The Morgan fingerprint density at radius 1 is 1.10 bits per heavy atom. The van der Waals surface area contributed by atoms with Crippen LogP contribution in [0.15, 0.2) is 53.1 Å². The second-order valence-corrected chi connectivity index (χ2v) is 8.25. The third-order valence-corrected chi connectivity index (χ3v) is 5.13. The molecule has 2 aromatic carbocycles. The highest BCUT2D eigenvalue weighted by atomic mass is 35.5. The summed E-state index contributed by atoms with van der Waals surface area (Å²) in [5.41, 5.74) is 3.75. The minimum Gasteiger partial charge on any atom is -0.493 e. The summed E-state index contributed by atoms with van der Waals surface area (Å²) in [4.78, 5) is 8.00. The lowest BCUT2D eigenvalue weighted by Crippen LogP contribution is -2.06. The van der Waals surface area contributed by atoms with Crippen LogP contribution >= 0.6 is 11.6 Å². The number of nitrogens with zero attached hydrogens (tertiary/aromatic N) is 2. The molecule has 5 rings (SSSR count). The maximum atomic E-state index is 6.22. The molecular weight excluding hydrogens is 400 g/mol. The summed E-state index contributed by atoms with van der Waals surface area (Å²) in [6, 6.07) is 13.6. The van der Waals surface area contributed by atoms with Gasteiger partial charge < -0.3 is 14.1 Å². The number of halogens is 1. The molecule has 0 radical (unpaired) electrons. The number of hydrogen-bond donors (Lipinski definition) is 2. The molecule has 0 saturated heterocycles. The molecule has 152 valence electrons. The molecule has 0 saturated carbocycles. The van der Waals surface area contributed by atoms with Gasteiger partial charge in [0.2, 0.25) is 0 Å². The van der Waals surface area contributed by atoms with E-state index in [9.17, 15) is 0 Å². The average Bonchev–Trinajstić information content (AvgIpc) is 3.44. The van der Waals surface area contributed by atoms with Crippen LogP contribution in [-0.2, 0) is 6.42 Å². The molecule has 3 heterocycles. The van der Waals surface area contributed by atoms with Gasteiger partial charge >= 0.3 is 0 Å². The van der Waals surface area contributed by atoms with E-state index in [0.717, 1.165) is 39.0 Å². The molecule has 0 atom stereocenters. The van der Waals surface area contributed by atoms with Crippen molar-refractivity contribution in [3.05, 3.63) is 65.0 Å². The Balaban J connectivity index is 1.42. The van der Waals surface area contributed by atoms with Crippen LogP contribution in [0, 0.1) is 5.92 Å². The molecule has 5 aromatic rings. The Kier molecular flexibility index (Phi) is 4.71. The first-order valence-electron chi connectivity index (χ1n) is 9.88. The van der Waals surface area contributed by atoms with Crippen molar-refractivity contribution in [2.75, 3.05) is 6.61 Å². The zero-order chi connectivity index (χ0) is 20.7. The van der Waals surface area contributed by atoms with Crippen LogP contribution in [0.1, 0.15) is 25.2 Å². The third-order valence-electron chi connectivity index (χ3n) is 4.90. The van der Waals surface area contributed by atoms with Crippen molar-refractivity contribution < 1.29 is 9.15 Å². The van der Waals surface area contributed by atoms with Crippen molar-refractivity contribution in [2.24, 2.45) is 5.92 Å². The Morgan fingerprint density at radius 2 is 2.00 bits per heavy atom. The standard InChI is InChI=1S/C23H21ClN4O2/c1-13(2)12-29-21-5-3-16(24)7-14(21)8-17-4-6-22(30-17)23-26-19-9-15-11-25-28-18(15)10-20(19)27-23/h3-7,9-11,13H,8,12H2,1-2H3,(H,25,28)(H,26,27). The molecule has 0 fully saturated rings. The fraction of sp³-hybridized carbons (Fsp3) is 0.217. The van der Waals surface area contributed by atoms with Gasteiger partial charge in [-0.3, -0.25) is 5.10 Å². The summed E-state index contributed by atoms with van der Waals surface area (Å²) in [6.45, 7) is 4.90.